The third-order valence-electron chi connectivity index (χ3n) is 6.72. The lowest BCUT2D eigenvalue weighted by Gasteiger charge is -2.30. The molecule has 1 heterocycles. The van der Waals surface area contributed by atoms with Gasteiger partial charge in [0.25, 0.3) is 5.56 Å². The van der Waals surface area contributed by atoms with E-state index < -0.39 is 41.7 Å². The second kappa shape index (κ2) is 12.7. The smallest absolute Gasteiger partial charge is 0.412 e. The van der Waals surface area contributed by atoms with Crippen molar-refractivity contribution < 1.29 is 32.9 Å². The second-order valence-electron chi connectivity index (χ2n) is 12.4. The van der Waals surface area contributed by atoms with Crippen molar-refractivity contribution in [2.45, 2.75) is 128 Å². The molecule has 1 unspecified atom stereocenters. The van der Waals surface area contributed by atoms with Gasteiger partial charge in [0.05, 0.1) is 24.9 Å². The predicted octanol–water partition coefficient (Wildman–Crippen LogP) is 5.24. The van der Waals surface area contributed by atoms with E-state index in [1.54, 1.807) is 65.5 Å². The number of anilines is 1. The Hall–Kier alpha value is -2.66. The van der Waals surface area contributed by atoms with Gasteiger partial charge in [-0.3, -0.25) is 10.1 Å². The van der Waals surface area contributed by atoms with Crippen LogP contribution in [0.2, 0.25) is 0 Å². The quantitative estimate of drug-likeness (QED) is 0.474. The van der Waals surface area contributed by atoms with Crippen LogP contribution in [0, 0.1) is 0 Å². The molecule has 0 saturated heterocycles. The Balaban J connectivity index is 1.79. The summed E-state index contributed by atoms with van der Waals surface area (Å²) in [4.78, 5) is 38.1. The monoisotopic (exact) mass is 553 g/mol. The van der Waals surface area contributed by atoms with Crippen LogP contribution < -0.4 is 16.2 Å². The van der Waals surface area contributed by atoms with Gasteiger partial charge < -0.3 is 28.8 Å². The van der Waals surface area contributed by atoms with Crippen molar-refractivity contribution in [3.8, 4) is 0 Å². The van der Waals surface area contributed by atoms with Gasteiger partial charge in [0.2, 0.25) is 0 Å². The second-order valence-corrected chi connectivity index (χ2v) is 12.4. The fraction of sp³-hybridized carbons (Fsp3) is 0.750. The van der Waals surface area contributed by atoms with E-state index in [1.807, 2.05) is 0 Å². The first-order chi connectivity index (χ1) is 18.1. The molecule has 10 nitrogen and oxygen atoms in total. The van der Waals surface area contributed by atoms with Gasteiger partial charge in [-0.2, -0.15) is 0 Å². The van der Waals surface area contributed by atoms with Gasteiger partial charge in [-0.25, -0.2) is 14.0 Å². The summed E-state index contributed by atoms with van der Waals surface area (Å²) in [5.41, 5.74) is -1.03. The summed E-state index contributed by atoms with van der Waals surface area (Å²) in [6.07, 6.45) is 2.24. The highest BCUT2D eigenvalue weighted by Gasteiger charge is 2.37. The molecule has 3 atom stereocenters. The zero-order chi connectivity index (χ0) is 29.0. The number of pyridine rings is 1. The molecule has 220 valence electrons. The molecule has 1 aromatic rings. The molecule has 2 saturated carbocycles. The third kappa shape index (κ3) is 9.49. The molecular weight excluding hydrogens is 509 g/mol. The number of amides is 2. The Morgan fingerprint density at radius 3 is 2.21 bits per heavy atom. The molecule has 2 amide bonds. The zero-order valence-corrected chi connectivity index (χ0v) is 24.2. The molecule has 0 spiro atoms. The summed E-state index contributed by atoms with van der Waals surface area (Å²) in [7, 11) is 1.69. The first-order valence-corrected chi connectivity index (χ1v) is 13.7. The van der Waals surface area contributed by atoms with Gasteiger partial charge in [0.15, 0.2) is 0 Å². The summed E-state index contributed by atoms with van der Waals surface area (Å²) in [5, 5.41) is 5.32. The summed E-state index contributed by atoms with van der Waals surface area (Å²) in [6.45, 7) is 10.5. The number of ether oxygens (including phenoxy) is 4. The van der Waals surface area contributed by atoms with Crippen molar-refractivity contribution in [3.05, 3.63) is 28.2 Å². The topological polar surface area (TPSA) is 117 Å². The maximum absolute atomic E-state index is 14.3. The predicted molar refractivity (Wildman–Crippen MR) is 145 cm³/mol. The van der Waals surface area contributed by atoms with Crippen molar-refractivity contribution >= 4 is 17.9 Å². The van der Waals surface area contributed by atoms with Crippen LogP contribution >= 0.6 is 0 Å². The van der Waals surface area contributed by atoms with E-state index in [2.05, 4.69) is 10.6 Å². The molecule has 39 heavy (non-hydrogen) atoms. The van der Waals surface area contributed by atoms with Gasteiger partial charge in [0, 0.05) is 32.2 Å². The lowest BCUT2D eigenvalue weighted by molar-refractivity contribution is 0.0149. The van der Waals surface area contributed by atoms with E-state index >= 15 is 0 Å². The molecule has 2 N–H and O–H groups in total. The summed E-state index contributed by atoms with van der Waals surface area (Å²) in [5.74, 6) is 0. The number of rotatable bonds is 7. The molecule has 11 heteroatoms. The number of hydrogen-bond donors (Lipinski definition) is 2. The number of halogens is 1. The molecule has 0 radical (unpaired) electrons. The highest BCUT2D eigenvalue weighted by atomic mass is 19.1. The number of carbonyl (C=O) groups is 2. The number of aromatic nitrogens is 1. The molecule has 3 rings (SSSR count). The average molecular weight is 554 g/mol. The summed E-state index contributed by atoms with van der Waals surface area (Å²) < 4.78 is 38.2. The van der Waals surface area contributed by atoms with E-state index in [9.17, 15) is 18.8 Å². The Morgan fingerprint density at radius 1 is 1.00 bits per heavy atom. The van der Waals surface area contributed by atoms with Crippen LogP contribution in [0.3, 0.4) is 0 Å². The maximum atomic E-state index is 14.3. The number of alkyl halides is 1. The van der Waals surface area contributed by atoms with Crippen LogP contribution in [0.15, 0.2) is 17.1 Å². The summed E-state index contributed by atoms with van der Waals surface area (Å²) in [6, 6.07) is 0.942. The number of carbonyl (C=O) groups excluding carboxylic acids is 2. The van der Waals surface area contributed by atoms with E-state index in [4.69, 9.17) is 18.9 Å². The van der Waals surface area contributed by atoms with Crippen LogP contribution in [-0.4, -0.2) is 59.5 Å². The zero-order valence-electron chi connectivity index (χ0n) is 24.2. The minimum Gasteiger partial charge on any atom is -0.444 e. The molecule has 2 aliphatic carbocycles. The van der Waals surface area contributed by atoms with Crippen LogP contribution in [0.25, 0.3) is 0 Å². The van der Waals surface area contributed by atoms with E-state index in [1.165, 1.54) is 0 Å². The Kier molecular flexibility index (Phi) is 10.0. The van der Waals surface area contributed by atoms with Gasteiger partial charge in [0.1, 0.15) is 23.1 Å². The van der Waals surface area contributed by atoms with Crippen LogP contribution in [0.1, 0.15) is 91.7 Å². The first-order valence-electron chi connectivity index (χ1n) is 13.7. The van der Waals surface area contributed by atoms with Crippen molar-refractivity contribution in [1.29, 1.82) is 0 Å². The van der Waals surface area contributed by atoms with Crippen LogP contribution in [0.4, 0.5) is 19.7 Å². The Bertz CT molecular complexity index is 1050. The number of alkyl carbamates (subject to hydrolysis) is 1. The van der Waals surface area contributed by atoms with Gasteiger partial charge in [-0.1, -0.05) is 0 Å². The molecule has 2 aliphatic rings. The number of nitrogens with zero attached hydrogens (tertiary/aromatic N) is 1. The fourth-order valence-electron chi connectivity index (χ4n) is 5.01. The fourth-order valence-corrected chi connectivity index (χ4v) is 5.01. The van der Waals surface area contributed by atoms with Crippen LogP contribution in [0.5, 0.6) is 0 Å². The van der Waals surface area contributed by atoms with Crippen molar-refractivity contribution in [2.24, 2.45) is 0 Å². The first kappa shape index (κ1) is 30.9. The van der Waals surface area contributed by atoms with Crippen molar-refractivity contribution in [3.63, 3.8) is 0 Å². The minimum absolute atomic E-state index is 0.0561. The third-order valence-corrected chi connectivity index (χ3v) is 6.72. The molecule has 0 aliphatic heterocycles. The molecule has 0 bridgehead atoms. The van der Waals surface area contributed by atoms with Crippen LogP contribution in [-0.2, 0) is 25.6 Å². The van der Waals surface area contributed by atoms with Gasteiger partial charge in [-0.15, -0.1) is 0 Å². The molecule has 0 aromatic carbocycles. The minimum atomic E-state index is -1.12. The largest absolute Gasteiger partial charge is 0.444 e. The highest BCUT2D eigenvalue weighted by Crippen LogP contribution is 2.30. The van der Waals surface area contributed by atoms with Crippen molar-refractivity contribution in [2.75, 3.05) is 12.4 Å². The molecule has 1 aromatic heterocycles. The summed E-state index contributed by atoms with van der Waals surface area (Å²) >= 11 is 0. The van der Waals surface area contributed by atoms with E-state index in [0.29, 0.717) is 5.56 Å². The van der Waals surface area contributed by atoms with Crippen molar-refractivity contribution in [1.82, 2.24) is 9.88 Å². The highest BCUT2D eigenvalue weighted by molar-refractivity contribution is 5.84. The van der Waals surface area contributed by atoms with E-state index in [-0.39, 0.29) is 42.8 Å². The van der Waals surface area contributed by atoms with E-state index in [0.717, 1.165) is 25.7 Å². The number of methoxy groups -OCH3 is 1. The molecular formula is C28H44FN3O7. The Morgan fingerprint density at radius 2 is 1.62 bits per heavy atom. The number of nitrogens with one attached hydrogen (secondary N) is 2. The Labute approximate surface area is 229 Å². The number of hydrogen-bond acceptors (Lipinski definition) is 7. The SMILES string of the molecule is COC1CCC(n2cc(COC3C[C@H](F)C[C@H]3NC(=O)OC(C)(C)C)cc(NC(=O)OC(C)(C)C)c2=O)CC1. The van der Waals surface area contributed by atoms with Gasteiger partial charge in [-0.05, 0) is 78.9 Å². The maximum Gasteiger partial charge on any atom is 0.412 e. The standard InChI is InChI=1S/C28H44FN3O7/c1-27(2,3)38-25(34)30-21-13-18(29)14-23(21)37-16-17-12-22(31-26(35)39-28(4,5)6)24(33)32(15-17)19-8-10-20(36-7)11-9-19/h12,15,18-21,23H,8-11,13-14,16H2,1-7H3,(H,30,34)(H,31,35)/t18-,19?,20?,21-,23?/m1/s1. The lowest BCUT2D eigenvalue weighted by atomic mass is 9.92. The average Bonchev–Trinajstić information content (AvgIpc) is 3.15. The molecule has 2 fully saturated rings. The lowest BCUT2D eigenvalue weighted by Crippen LogP contribution is -2.43. The normalized spacial score (nSPS) is 25.7. The van der Waals surface area contributed by atoms with Gasteiger partial charge >= 0.3 is 12.2 Å².